The molecule has 1 rings (SSSR count). The van der Waals surface area contributed by atoms with Crippen molar-refractivity contribution in [3.05, 3.63) is 26.7 Å². The molecule has 0 bridgehead atoms. The van der Waals surface area contributed by atoms with Crippen LogP contribution in [0.5, 0.6) is 5.75 Å². The monoisotopic (exact) mass is 330 g/mol. The molecule has 0 unspecified atom stereocenters. The molecule has 0 aliphatic heterocycles. The molecule has 1 aromatic carbocycles. The number of anilines is 1. The number of nitro benzene ring substituents is 1. The second-order valence-corrected chi connectivity index (χ2v) is 6.13. The van der Waals surface area contributed by atoms with E-state index in [0.717, 1.165) is 6.42 Å². The molecule has 0 amide bonds. The highest BCUT2D eigenvalue weighted by Gasteiger charge is 2.21. The summed E-state index contributed by atoms with van der Waals surface area (Å²) in [5.41, 5.74) is 0.234. The Balaban J connectivity index is 3.19. The topological polar surface area (TPSA) is 64.4 Å². The quantitative estimate of drug-likeness (QED) is 0.643. The van der Waals surface area contributed by atoms with Gasteiger partial charge in [0.2, 0.25) is 0 Å². The van der Waals surface area contributed by atoms with Crippen LogP contribution in [0.4, 0.5) is 11.4 Å². The summed E-state index contributed by atoms with van der Waals surface area (Å²) in [5, 5.41) is 14.2. The van der Waals surface area contributed by atoms with Crippen molar-refractivity contribution in [1.29, 1.82) is 0 Å². The molecule has 106 valence electrons. The van der Waals surface area contributed by atoms with Gasteiger partial charge in [-0.3, -0.25) is 10.1 Å². The molecule has 6 heteroatoms. The van der Waals surface area contributed by atoms with E-state index in [4.69, 9.17) is 4.74 Å². The molecular formula is C13H19BrN2O3. The van der Waals surface area contributed by atoms with Crippen LogP contribution in [-0.2, 0) is 0 Å². The molecule has 19 heavy (non-hydrogen) atoms. The average Bonchev–Trinajstić information content (AvgIpc) is 2.27. The van der Waals surface area contributed by atoms with Gasteiger partial charge in [0.15, 0.2) is 0 Å². The van der Waals surface area contributed by atoms with E-state index < -0.39 is 4.92 Å². The average molecular weight is 331 g/mol. The van der Waals surface area contributed by atoms with Crippen LogP contribution in [0.2, 0.25) is 0 Å². The first kappa shape index (κ1) is 15.8. The van der Waals surface area contributed by atoms with Crippen molar-refractivity contribution in [2.75, 3.05) is 11.9 Å². The van der Waals surface area contributed by atoms with Crippen molar-refractivity contribution in [1.82, 2.24) is 0 Å². The van der Waals surface area contributed by atoms with E-state index in [9.17, 15) is 10.1 Å². The number of hydrogen-bond acceptors (Lipinski definition) is 4. The van der Waals surface area contributed by atoms with Crippen molar-refractivity contribution in [3.63, 3.8) is 0 Å². The number of nitro groups is 1. The molecule has 0 aromatic heterocycles. The predicted octanol–water partition coefficient (Wildman–Crippen LogP) is 4.36. The number of hydrogen-bond donors (Lipinski definition) is 1. The molecule has 0 heterocycles. The van der Waals surface area contributed by atoms with Gasteiger partial charge < -0.3 is 10.1 Å². The predicted molar refractivity (Wildman–Crippen MR) is 80.0 cm³/mol. The van der Waals surface area contributed by atoms with Crippen LogP contribution >= 0.6 is 15.9 Å². The summed E-state index contributed by atoms with van der Waals surface area (Å²) in [4.78, 5) is 10.7. The highest BCUT2D eigenvalue weighted by Crippen LogP contribution is 2.37. The Morgan fingerprint density at radius 1 is 1.42 bits per heavy atom. The lowest BCUT2D eigenvalue weighted by atomic mass is 10.1. The first-order valence-electron chi connectivity index (χ1n) is 6.13. The van der Waals surface area contributed by atoms with Gasteiger partial charge in [-0.1, -0.05) is 6.92 Å². The van der Waals surface area contributed by atoms with Crippen molar-refractivity contribution in [2.45, 2.75) is 39.7 Å². The molecule has 0 saturated heterocycles. The van der Waals surface area contributed by atoms with E-state index in [0.29, 0.717) is 22.5 Å². The molecular weight excluding hydrogens is 312 g/mol. The summed E-state index contributed by atoms with van der Waals surface area (Å²) >= 11 is 3.30. The Morgan fingerprint density at radius 3 is 2.53 bits per heavy atom. The third-order valence-corrected chi connectivity index (χ3v) is 2.84. The molecule has 0 radical (unpaired) electrons. The van der Waals surface area contributed by atoms with Gasteiger partial charge in [-0.25, -0.2) is 0 Å². The molecule has 0 saturated carbocycles. The zero-order chi connectivity index (χ0) is 14.6. The van der Waals surface area contributed by atoms with Gasteiger partial charge in [-0.15, -0.1) is 0 Å². The fourth-order valence-corrected chi connectivity index (χ4v) is 1.97. The highest BCUT2D eigenvalue weighted by molar-refractivity contribution is 9.10. The standard InChI is InChI=1S/C13H19BrN2O3/c1-5-6-19-12-8-10(15-13(2,3)4)11(16(17)18)7-9(12)14/h7-8,15H,5-6H2,1-4H3. The van der Waals surface area contributed by atoms with Crippen molar-refractivity contribution < 1.29 is 9.66 Å². The third-order valence-electron chi connectivity index (χ3n) is 2.22. The van der Waals surface area contributed by atoms with Crippen LogP contribution in [0.25, 0.3) is 0 Å². The number of ether oxygens (including phenoxy) is 1. The van der Waals surface area contributed by atoms with Crippen LogP contribution in [-0.4, -0.2) is 17.1 Å². The van der Waals surface area contributed by atoms with E-state index in [1.165, 1.54) is 6.07 Å². The van der Waals surface area contributed by atoms with Crippen LogP contribution in [0.15, 0.2) is 16.6 Å². The van der Waals surface area contributed by atoms with Gasteiger partial charge in [0, 0.05) is 17.7 Å². The van der Waals surface area contributed by atoms with E-state index in [-0.39, 0.29) is 11.2 Å². The second-order valence-electron chi connectivity index (χ2n) is 5.28. The molecule has 1 aromatic rings. The minimum absolute atomic E-state index is 0.0330. The largest absolute Gasteiger partial charge is 0.492 e. The Morgan fingerprint density at radius 2 is 2.05 bits per heavy atom. The summed E-state index contributed by atoms with van der Waals surface area (Å²) in [5.74, 6) is 0.610. The number of nitrogens with zero attached hydrogens (tertiary/aromatic N) is 1. The summed E-state index contributed by atoms with van der Waals surface area (Å²) < 4.78 is 6.16. The lowest BCUT2D eigenvalue weighted by molar-refractivity contribution is -0.384. The van der Waals surface area contributed by atoms with E-state index in [2.05, 4.69) is 21.2 Å². The fourth-order valence-electron chi connectivity index (χ4n) is 1.52. The molecule has 0 fully saturated rings. The second kappa shape index (κ2) is 6.23. The summed E-state index contributed by atoms with van der Waals surface area (Å²) in [6, 6.07) is 3.14. The molecule has 0 aliphatic carbocycles. The van der Waals surface area contributed by atoms with E-state index >= 15 is 0 Å². The first-order valence-corrected chi connectivity index (χ1v) is 6.93. The van der Waals surface area contributed by atoms with Crippen LogP contribution in [0, 0.1) is 10.1 Å². The summed E-state index contributed by atoms with van der Waals surface area (Å²) in [7, 11) is 0. The maximum absolute atomic E-state index is 11.1. The van der Waals surface area contributed by atoms with E-state index in [1.54, 1.807) is 6.07 Å². The van der Waals surface area contributed by atoms with Gasteiger partial charge >= 0.3 is 0 Å². The minimum Gasteiger partial charge on any atom is -0.492 e. The minimum atomic E-state index is -0.400. The Hall–Kier alpha value is -1.30. The van der Waals surface area contributed by atoms with Crippen LogP contribution < -0.4 is 10.1 Å². The number of rotatable bonds is 5. The van der Waals surface area contributed by atoms with Crippen molar-refractivity contribution in [3.8, 4) is 5.75 Å². The smallest absolute Gasteiger partial charge is 0.293 e. The molecule has 0 spiro atoms. The van der Waals surface area contributed by atoms with Crippen molar-refractivity contribution >= 4 is 27.3 Å². The number of halogens is 1. The van der Waals surface area contributed by atoms with Gasteiger partial charge in [-0.2, -0.15) is 0 Å². The lowest BCUT2D eigenvalue weighted by Gasteiger charge is -2.22. The first-order chi connectivity index (χ1) is 8.74. The van der Waals surface area contributed by atoms with Crippen LogP contribution in [0.1, 0.15) is 34.1 Å². The summed E-state index contributed by atoms with van der Waals surface area (Å²) in [6.45, 7) is 8.43. The highest BCUT2D eigenvalue weighted by atomic mass is 79.9. The molecule has 5 nitrogen and oxygen atoms in total. The number of benzene rings is 1. The maximum atomic E-state index is 11.1. The number of nitrogens with one attached hydrogen (secondary N) is 1. The third kappa shape index (κ3) is 4.70. The van der Waals surface area contributed by atoms with Crippen molar-refractivity contribution in [2.24, 2.45) is 0 Å². The summed E-state index contributed by atoms with van der Waals surface area (Å²) in [6.07, 6.45) is 0.880. The Labute approximate surface area is 121 Å². The molecule has 0 atom stereocenters. The molecule has 1 N–H and O–H groups in total. The van der Waals surface area contributed by atoms with Gasteiger partial charge in [0.1, 0.15) is 11.4 Å². The Bertz CT molecular complexity index is 470. The fraction of sp³-hybridized carbons (Fsp3) is 0.538. The van der Waals surface area contributed by atoms with Gasteiger partial charge in [-0.05, 0) is 43.1 Å². The molecule has 0 aliphatic rings. The Kier molecular flexibility index (Phi) is 5.17. The normalized spacial score (nSPS) is 11.2. The van der Waals surface area contributed by atoms with Gasteiger partial charge in [0.25, 0.3) is 5.69 Å². The lowest BCUT2D eigenvalue weighted by Crippen LogP contribution is -2.26. The zero-order valence-electron chi connectivity index (χ0n) is 11.6. The van der Waals surface area contributed by atoms with Gasteiger partial charge in [0.05, 0.1) is 16.0 Å². The zero-order valence-corrected chi connectivity index (χ0v) is 13.2. The van der Waals surface area contributed by atoms with Crippen LogP contribution in [0.3, 0.4) is 0 Å². The van der Waals surface area contributed by atoms with E-state index in [1.807, 2.05) is 27.7 Å². The maximum Gasteiger partial charge on any atom is 0.293 e. The SMILES string of the molecule is CCCOc1cc(NC(C)(C)C)c([N+](=O)[O-])cc1Br.